The van der Waals surface area contributed by atoms with Gasteiger partial charge in [0, 0.05) is 24.2 Å². The number of halogens is 1. The van der Waals surface area contributed by atoms with Crippen LogP contribution in [0.3, 0.4) is 0 Å². The summed E-state index contributed by atoms with van der Waals surface area (Å²) in [6.07, 6.45) is 0. The van der Waals surface area contributed by atoms with E-state index in [1.807, 2.05) is 46.9 Å². The summed E-state index contributed by atoms with van der Waals surface area (Å²) in [6.45, 7) is 0.337. The highest BCUT2D eigenvalue weighted by molar-refractivity contribution is 14.1. The molecule has 0 saturated carbocycles. The zero-order chi connectivity index (χ0) is 18.6. The standard InChI is InChI=1S/C17H19IN2O4S/c1-20(2)25(22,23)14-8-9-16(18)15(10-14)17(21)19-11-12-4-6-13(24-3)7-5-12/h4-10H,11H2,1-3H3,(H,19,21). The number of amides is 1. The lowest BCUT2D eigenvalue weighted by Crippen LogP contribution is -2.25. The Balaban J connectivity index is 2.18. The molecule has 0 fully saturated rings. The van der Waals surface area contributed by atoms with Gasteiger partial charge in [-0.3, -0.25) is 4.79 Å². The van der Waals surface area contributed by atoms with E-state index in [1.165, 1.54) is 26.2 Å². The molecule has 25 heavy (non-hydrogen) atoms. The van der Waals surface area contributed by atoms with Gasteiger partial charge in [-0.25, -0.2) is 12.7 Å². The summed E-state index contributed by atoms with van der Waals surface area (Å²) in [4.78, 5) is 12.6. The average Bonchev–Trinajstić information content (AvgIpc) is 2.60. The van der Waals surface area contributed by atoms with Crippen molar-refractivity contribution in [3.05, 3.63) is 57.2 Å². The Morgan fingerprint density at radius 2 is 1.80 bits per heavy atom. The van der Waals surface area contributed by atoms with E-state index >= 15 is 0 Å². The monoisotopic (exact) mass is 474 g/mol. The number of carbonyl (C=O) groups is 1. The van der Waals surface area contributed by atoms with Crippen molar-refractivity contribution >= 4 is 38.5 Å². The lowest BCUT2D eigenvalue weighted by Gasteiger charge is -2.13. The summed E-state index contributed by atoms with van der Waals surface area (Å²) in [7, 11) is 0.913. The van der Waals surface area contributed by atoms with Crippen LogP contribution in [0.25, 0.3) is 0 Å². The molecule has 1 amide bonds. The Hall–Kier alpha value is -1.65. The fourth-order valence-corrected chi connectivity index (χ4v) is 3.58. The van der Waals surface area contributed by atoms with Gasteiger partial charge in [0.2, 0.25) is 10.0 Å². The molecule has 0 atom stereocenters. The second kappa shape index (κ2) is 8.15. The highest BCUT2D eigenvalue weighted by Crippen LogP contribution is 2.20. The molecule has 0 bridgehead atoms. The molecule has 0 heterocycles. The molecule has 0 aliphatic carbocycles. The van der Waals surface area contributed by atoms with Gasteiger partial charge < -0.3 is 10.1 Å². The predicted octanol–water partition coefficient (Wildman–Crippen LogP) is 2.48. The molecule has 6 nitrogen and oxygen atoms in total. The molecule has 1 N–H and O–H groups in total. The Bertz CT molecular complexity index is 865. The van der Waals surface area contributed by atoms with Gasteiger partial charge in [0.1, 0.15) is 5.75 Å². The summed E-state index contributed by atoms with van der Waals surface area (Å²) in [5.41, 5.74) is 1.25. The summed E-state index contributed by atoms with van der Waals surface area (Å²) >= 11 is 2.02. The van der Waals surface area contributed by atoms with Crippen molar-refractivity contribution < 1.29 is 17.9 Å². The summed E-state index contributed by atoms with van der Waals surface area (Å²) < 4.78 is 31.4. The van der Waals surface area contributed by atoms with E-state index in [9.17, 15) is 13.2 Å². The molecule has 0 spiro atoms. The number of rotatable bonds is 6. The molecule has 0 aliphatic heterocycles. The minimum atomic E-state index is -3.59. The first-order valence-corrected chi connectivity index (χ1v) is 9.91. The number of sulfonamides is 1. The SMILES string of the molecule is COc1ccc(CNC(=O)c2cc(S(=O)(=O)N(C)C)ccc2I)cc1. The van der Waals surface area contributed by atoms with Crippen LogP contribution in [0.15, 0.2) is 47.4 Å². The smallest absolute Gasteiger partial charge is 0.252 e. The molecule has 0 aromatic heterocycles. The first kappa shape index (κ1) is 19.7. The number of methoxy groups -OCH3 is 1. The van der Waals surface area contributed by atoms with Crippen molar-refractivity contribution in [3.8, 4) is 5.75 Å². The lowest BCUT2D eigenvalue weighted by atomic mass is 10.2. The van der Waals surface area contributed by atoms with E-state index in [2.05, 4.69) is 5.32 Å². The minimum absolute atomic E-state index is 0.0903. The maximum atomic E-state index is 12.5. The highest BCUT2D eigenvalue weighted by Gasteiger charge is 2.20. The maximum absolute atomic E-state index is 12.5. The quantitative estimate of drug-likeness (QED) is 0.653. The van der Waals surface area contributed by atoms with Crippen LogP contribution in [0.4, 0.5) is 0 Å². The van der Waals surface area contributed by atoms with Crippen LogP contribution in [0.1, 0.15) is 15.9 Å². The zero-order valence-corrected chi connectivity index (χ0v) is 17.1. The van der Waals surface area contributed by atoms with E-state index in [0.29, 0.717) is 15.7 Å². The molecule has 0 unspecified atom stereocenters. The van der Waals surface area contributed by atoms with Crippen LogP contribution in [0, 0.1) is 3.57 Å². The van der Waals surface area contributed by atoms with Gasteiger partial charge in [-0.1, -0.05) is 12.1 Å². The van der Waals surface area contributed by atoms with Crippen molar-refractivity contribution in [2.45, 2.75) is 11.4 Å². The van der Waals surface area contributed by atoms with Crippen molar-refractivity contribution in [2.75, 3.05) is 21.2 Å². The molecular weight excluding hydrogens is 455 g/mol. The molecule has 0 saturated heterocycles. The Morgan fingerprint density at radius 1 is 1.16 bits per heavy atom. The second-order valence-electron chi connectivity index (χ2n) is 5.46. The molecule has 8 heteroatoms. The Morgan fingerprint density at radius 3 is 2.36 bits per heavy atom. The van der Waals surface area contributed by atoms with Crippen molar-refractivity contribution in [1.82, 2.24) is 9.62 Å². The molecule has 0 radical (unpaired) electrons. The lowest BCUT2D eigenvalue weighted by molar-refractivity contribution is 0.0950. The first-order chi connectivity index (χ1) is 11.8. The van der Waals surface area contributed by atoms with Gasteiger partial charge >= 0.3 is 0 Å². The van der Waals surface area contributed by atoms with E-state index < -0.39 is 10.0 Å². The second-order valence-corrected chi connectivity index (χ2v) is 8.77. The highest BCUT2D eigenvalue weighted by atomic mass is 127. The Labute approximate surface area is 161 Å². The third-order valence-electron chi connectivity index (χ3n) is 3.57. The number of benzene rings is 2. The number of hydrogen-bond acceptors (Lipinski definition) is 4. The van der Waals surface area contributed by atoms with E-state index in [4.69, 9.17) is 4.74 Å². The van der Waals surface area contributed by atoms with Gasteiger partial charge in [0.15, 0.2) is 0 Å². The zero-order valence-electron chi connectivity index (χ0n) is 14.1. The van der Waals surface area contributed by atoms with E-state index in [1.54, 1.807) is 13.2 Å². The normalized spacial score (nSPS) is 11.4. The molecule has 2 aromatic carbocycles. The average molecular weight is 474 g/mol. The predicted molar refractivity (Wildman–Crippen MR) is 104 cm³/mol. The van der Waals surface area contributed by atoms with E-state index in [0.717, 1.165) is 15.6 Å². The summed E-state index contributed by atoms with van der Waals surface area (Å²) in [5, 5.41) is 2.81. The van der Waals surface area contributed by atoms with Crippen molar-refractivity contribution in [2.24, 2.45) is 0 Å². The molecular formula is C17H19IN2O4S. The van der Waals surface area contributed by atoms with Crippen LogP contribution in [0.2, 0.25) is 0 Å². The van der Waals surface area contributed by atoms with Crippen LogP contribution < -0.4 is 10.1 Å². The summed E-state index contributed by atoms with van der Waals surface area (Å²) in [5.74, 6) is 0.419. The van der Waals surface area contributed by atoms with Crippen LogP contribution in [-0.2, 0) is 16.6 Å². The topological polar surface area (TPSA) is 75.7 Å². The van der Waals surface area contributed by atoms with Crippen molar-refractivity contribution in [1.29, 1.82) is 0 Å². The van der Waals surface area contributed by atoms with Crippen LogP contribution >= 0.6 is 22.6 Å². The molecule has 134 valence electrons. The van der Waals surface area contributed by atoms with Gasteiger partial charge in [-0.05, 0) is 58.5 Å². The van der Waals surface area contributed by atoms with E-state index in [-0.39, 0.29) is 10.8 Å². The molecule has 2 aromatic rings. The maximum Gasteiger partial charge on any atom is 0.252 e. The molecule has 0 aliphatic rings. The number of ether oxygens (including phenoxy) is 1. The van der Waals surface area contributed by atoms with Gasteiger partial charge in [0.05, 0.1) is 17.6 Å². The third kappa shape index (κ3) is 4.71. The van der Waals surface area contributed by atoms with Crippen LogP contribution in [0.5, 0.6) is 5.75 Å². The van der Waals surface area contributed by atoms with Gasteiger partial charge in [-0.2, -0.15) is 0 Å². The fraction of sp³-hybridized carbons (Fsp3) is 0.235. The van der Waals surface area contributed by atoms with Crippen molar-refractivity contribution in [3.63, 3.8) is 0 Å². The van der Waals surface area contributed by atoms with Crippen LogP contribution in [-0.4, -0.2) is 39.8 Å². The third-order valence-corrected chi connectivity index (χ3v) is 6.32. The number of hydrogen-bond donors (Lipinski definition) is 1. The summed E-state index contributed by atoms with van der Waals surface area (Å²) in [6, 6.07) is 11.9. The number of carbonyl (C=O) groups excluding carboxylic acids is 1. The largest absolute Gasteiger partial charge is 0.497 e. The Kier molecular flexibility index (Phi) is 6.42. The number of nitrogens with zero attached hydrogens (tertiary/aromatic N) is 1. The first-order valence-electron chi connectivity index (χ1n) is 7.39. The minimum Gasteiger partial charge on any atom is -0.497 e. The fourth-order valence-electron chi connectivity index (χ4n) is 2.07. The number of nitrogens with one attached hydrogen (secondary N) is 1. The molecule has 2 rings (SSSR count). The van der Waals surface area contributed by atoms with Gasteiger partial charge in [0.25, 0.3) is 5.91 Å². The van der Waals surface area contributed by atoms with Gasteiger partial charge in [-0.15, -0.1) is 0 Å².